The number of alkyl halides is 1. The zero-order valence-corrected chi connectivity index (χ0v) is 12.2. The largest absolute Gasteiger partial charge is 0.490 e. The van der Waals surface area contributed by atoms with Crippen LogP contribution in [-0.2, 0) is 0 Å². The molecule has 4 heteroatoms. The minimum Gasteiger partial charge on any atom is -0.490 e. The van der Waals surface area contributed by atoms with E-state index >= 15 is 0 Å². The van der Waals surface area contributed by atoms with E-state index in [1.807, 2.05) is 30.3 Å². The summed E-state index contributed by atoms with van der Waals surface area (Å²) in [5.74, 6) is 0.753. The fourth-order valence-electron chi connectivity index (χ4n) is 1.56. The van der Waals surface area contributed by atoms with E-state index in [-0.39, 0.29) is 6.61 Å². The van der Waals surface area contributed by atoms with Crippen LogP contribution in [0.1, 0.15) is 0 Å². The van der Waals surface area contributed by atoms with Crippen molar-refractivity contribution in [3.63, 3.8) is 0 Å². The lowest BCUT2D eigenvalue weighted by atomic mass is 10.1. The third kappa shape index (κ3) is 3.00. The first-order valence-electron chi connectivity index (χ1n) is 5.26. The van der Waals surface area contributed by atoms with Gasteiger partial charge in [-0.05, 0) is 32.8 Å². The third-order valence-electron chi connectivity index (χ3n) is 2.44. The molecule has 1 unspecified atom stereocenters. The second-order valence-corrected chi connectivity index (χ2v) is 5.16. The fraction of sp³-hybridized carbons (Fsp3) is 0.231. The normalized spacial score (nSPS) is 12.6. The molecule has 0 aromatic heterocycles. The molecule has 0 saturated heterocycles. The smallest absolute Gasteiger partial charge is 0.134 e. The second-order valence-electron chi connectivity index (χ2n) is 3.72. The predicted molar refractivity (Wildman–Crippen MR) is 76.9 cm³/mol. The first-order chi connectivity index (χ1) is 8.22. The molecule has 0 bridgehead atoms. The molecule has 1 N–H and O–H groups in total. The van der Waals surface area contributed by atoms with Crippen LogP contribution in [0, 0.1) is 0 Å². The zero-order chi connectivity index (χ0) is 12.3. The lowest BCUT2D eigenvalue weighted by Gasteiger charge is -2.12. The van der Waals surface area contributed by atoms with Crippen LogP contribution < -0.4 is 4.74 Å². The average Bonchev–Trinajstić information content (AvgIpc) is 2.38. The highest BCUT2D eigenvalue weighted by Crippen LogP contribution is 2.33. The Kier molecular flexibility index (Phi) is 4.42. The van der Waals surface area contributed by atoms with Gasteiger partial charge in [0.1, 0.15) is 12.4 Å². The maximum atomic E-state index is 9.44. The molecular formula is C13H12Br2O2. The Hall–Kier alpha value is -0.580. The van der Waals surface area contributed by atoms with Crippen molar-refractivity contribution in [3.05, 3.63) is 40.9 Å². The van der Waals surface area contributed by atoms with E-state index in [1.54, 1.807) is 0 Å². The highest BCUT2D eigenvalue weighted by atomic mass is 79.9. The molecule has 0 aliphatic carbocycles. The van der Waals surface area contributed by atoms with Crippen LogP contribution in [0.3, 0.4) is 0 Å². The summed E-state index contributed by atoms with van der Waals surface area (Å²) >= 11 is 6.74. The quantitative estimate of drug-likeness (QED) is 0.842. The van der Waals surface area contributed by atoms with Crippen molar-refractivity contribution in [1.82, 2.24) is 0 Å². The molecule has 0 aliphatic rings. The highest BCUT2D eigenvalue weighted by Gasteiger charge is 2.08. The lowest BCUT2D eigenvalue weighted by molar-refractivity contribution is 0.127. The summed E-state index contributed by atoms with van der Waals surface area (Å²) in [6, 6.07) is 12.0. The van der Waals surface area contributed by atoms with E-state index in [1.165, 1.54) is 0 Å². The predicted octanol–water partition coefficient (Wildman–Crippen LogP) is 3.74. The van der Waals surface area contributed by atoms with Crippen LogP contribution in [0.5, 0.6) is 5.75 Å². The molecule has 0 spiro atoms. The summed E-state index contributed by atoms with van der Waals surface area (Å²) in [4.78, 5) is 0. The number of halogens is 2. The van der Waals surface area contributed by atoms with E-state index in [0.29, 0.717) is 5.33 Å². The van der Waals surface area contributed by atoms with Crippen molar-refractivity contribution in [1.29, 1.82) is 0 Å². The molecule has 0 amide bonds. The van der Waals surface area contributed by atoms with Gasteiger partial charge in [-0.25, -0.2) is 0 Å². The van der Waals surface area contributed by atoms with Gasteiger partial charge in [0.05, 0.1) is 10.6 Å². The molecule has 17 heavy (non-hydrogen) atoms. The van der Waals surface area contributed by atoms with Gasteiger partial charge >= 0.3 is 0 Å². The van der Waals surface area contributed by atoms with Gasteiger partial charge < -0.3 is 9.84 Å². The number of ether oxygens (including phenoxy) is 1. The number of hydrogen-bond donors (Lipinski definition) is 1. The fourth-order valence-corrected chi connectivity index (χ4v) is 2.35. The minimum atomic E-state index is -0.492. The molecule has 0 fully saturated rings. The van der Waals surface area contributed by atoms with Gasteiger partial charge in [-0.15, -0.1) is 0 Å². The Morgan fingerprint density at radius 1 is 1.18 bits per heavy atom. The molecule has 0 radical (unpaired) electrons. The van der Waals surface area contributed by atoms with Crippen LogP contribution >= 0.6 is 31.9 Å². The molecule has 0 saturated carbocycles. The maximum Gasteiger partial charge on any atom is 0.134 e. The van der Waals surface area contributed by atoms with Gasteiger partial charge in [0.15, 0.2) is 0 Å². The van der Waals surface area contributed by atoms with E-state index in [4.69, 9.17) is 4.74 Å². The Morgan fingerprint density at radius 3 is 2.71 bits per heavy atom. The maximum absolute atomic E-state index is 9.44. The van der Waals surface area contributed by atoms with Crippen LogP contribution in [0.4, 0.5) is 0 Å². The van der Waals surface area contributed by atoms with Gasteiger partial charge in [-0.2, -0.15) is 0 Å². The van der Waals surface area contributed by atoms with Crippen LogP contribution in [0.15, 0.2) is 40.9 Å². The molecule has 2 aromatic rings. The average molecular weight is 360 g/mol. The monoisotopic (exact) mass is 358 g/mol. The zero-order valence-electron chi connectivity index (χ0n) is 9.07. The molecule has 0 heterocycles. The molecule has 90 valence electrons. The Morgan fingerprint density at radius 2 is 1.94 bits per heavy atom. The molecule has 2 rings (SSSR count). The first kappa shape index (κ1) is 12.9. The molecule has 2 aromatic carbocycles. The van der Waals surface area contributed by atoms with E-state index < -0.39 is 6.10 Å². The Balaban J connectivity index is 2.26. The van der Waals surface area contributed by atoms with Crippen molar-refractivity contribution in [2.75, 3.05) is 11.9 Å². The van der Waals surface area contributed by atoms with Crippen LogP contribution in [0.2, 0.25) is 0 Å². The molecule has 2 nitrogen and oxygen atoms in total. The van der Waals surface area contributed by atoms with Gasteiger partial charge in [-0.1, -0.05) is 46.3 Å². The van der Waals surface area contributed by atoms with E-state index in [0.717, 1.165) is 21.0 Å². The number of fused-ring (bicyclic) bond motifs is 1. The van der Waals surface area contributed by atoms with Crippen LogP contribution in [0.25, 0.3) is 10.8 Å². The highest BCUT2D eigenvalue weighted by molar-refractivity contribution is 9.10. The van der Waals surface area contributed by atoms with Gasteiger partial charge in [-0.3, -0.25) is 0 Å². The summed E-state index contributed by atoms with van der Waals surface area (Å²) in [6.07, 6.45) is -0.492. The summed E-state index contributed by atoms with van der Waals surface area (Å²) in [5, 5.41) is 12.2. The SMILES string of the molecule is OC(CBr)COc1ccc2ccccc2c1Br. The summed E-state index contributed by atoms with van der Waals surface area (Å²) in [7, 11) is 0. The van der Waals surface area contributed by atoms with Gasteiger partial charge in [0, 0.05) is 5.33 Å². The van der Waals surface area contributed by atoms with E-state index in [2.05, 4.69) is 37.9 Å². The summed E-state index contributed by atoms with van der Waals surface area (Å²) in [5.41, 5.74) is 0. The molecular weight excluding hydrogens is 348 g/mol. The van der Waals surface area contributed by atoms with Crippen molar-refractivity contribution in [3.8, 4) is 5.75 Å². The van der Waals surface area contributed by atoms with Crippen LogP contribution in [-0.4, -0.2) is 23.1 Å². The molecule has 0 aliphatic heterocycles. The first-order valence-corrected chi connectivity index (χ1v) is 7.18. The number of aliphatic hydroxyl groups excluding tert-OH is 1. The number of rotatable bonds is 4. The number of aliphatic hydroxyl groups is 1. The Bertz CT molecular complexity index is 514. The van der Waals surface area contributed by atoms with Gasteiger partial charge in [0.2, 0.25) is 0 Å². The number of benzene rings is 2. The minimum absolute atomic E-state index is 0.280. The topological polar surface area (TPSA) is 29.5 Å². The van der Waals surface area contributed by atoms with Crippen molar-refractivity contribution in [2.45, 2.75) is 6.10 Å². The van der Waals surface area contributed by atoms with E-state index in [9.17, 15) is 5.11 Å². The van der Waals surface area contributed by atoms with Crippen molar-refractivity contribution >= 4 is 42.6 Å². The second kappa shape index (κ2) is 5.85. The standard InChI is InChI=1S/C13H12Br2O2/c14-7-10(16)8-17-12-6-5-9-3-1-2-4-11(9)13(12)15/h1-6,10,16H,7-8H2. The third-order valence-corrected chi connectivity index (χ3v) is 4.00. The Labute approximate surface area is 117 Å². The number of hydrogen-bond acceptors (Lipinski definition) is 2. The van der Waals surface area contributed by atoms with Crippen molar-refractivity contribution in [2.24, 2.45) is 0 Å². The van der Waals surface area contributed by atoms with Crippen molar-refractivity contribution < 1.29 is 9.84 Å². The van der Waals surface area contributed by atoms with Gasteiger partial charge in [0.25, 0.3) is 0 Å². The lowest BCUT2D eigenvalue weighted by Crippen LogP contribution is -2.18. The summed E-state index contributed by atoms with van der Waals surface area (Å²) in [6.45, 7) is 0.280. The summed E-state index contributed by atoms with van der Waals surface area (Å²) < 4.78 is 6.50. The molecule has 1 atom stereocenters.